The summed E-state index contributed by atoms with van der Waals surface area (Å²) in [5, 5.41) is 13.4. The Bertz CT molecular complexity index is 487. The van der Waals surface area contributed by atoms with Gasteiger partial charge < -0.3 is 11.1 Å². The van der Waals surface area contributed by atoms with E-state index in [2.05, 4.69) is 5.32 Å². The summed E-state index contributed by atoms with van der Waals surface area (Å²) < 4.78 is 0. The molecule has 0 fully saturated rings. The van der Waals surface area contributed by atoms with Gasteiger partial charge in [0.2, 0.25) is 5.91 Å². The van der Waals surface area contributed by atoms with E-state index in [-0.39, 0.29) is 22.9 Å². The van der Waals surface area contributed by atoms with Crippen molar-refractivity contribution in [3.63, 3.8) is 0 Å². The van der Waals surface area contributed by atoms with Crippen molar-refractivity contribution in [2.45, 2.75) is 37.1 Å². The number of nitro groups is 1. The van der Waals surface area contributed by atoms with Crippen molar-refractivity contribution in [2.24, 2.45) is 5.73 Å². The number of hydrogen-bond donors (Lipinski definition) is 2. The van der Waals surface area contributed by atoms with Gasteiger partial charge >= 0.3 is 0 Å². The molecule has 7 heteroatoms. The number of nitrogens with one attached hydrogen (secondary N) is 1. The molecule has 0 aliphatic carbocycles. The highest BCUT2D eigenvalue weighted by Crippen LogP contribution is 2.21. The number of carbonyl (C=O) groups is 1. The molecule has 1 aromatic rings. The quantitative estimate of drug-likeness (QED) is 0.436. The van der Waals surface area contributed by atoms with Crippen molar-refractivity contribution in [3.05, 3.63) is 34.4 Å². The van der Waals surface area contributed by atoms with Crippen LogP contribution in [0.2, 0.25) is 0 Å². The topological polar surface area (TPSA) is 98.3 Å². The Hall–Kier alpha value is -1.60. The number of thioether (sulfide) groups is 1. The summed E-state index contributed by atoms with van der Waals surface area (Å²) in [6.07, 6.45) is 1.61. The van der Waals surface area contributed by atoms with E-state index in [0.717, 1.165) is 17.7 Å². The molecule has 0 aliphatic heterocycles. The van der Waals surface area contributed by atoms with Gasteiger partial charge in [0.15, 0.2) is 0 Å². The minimum atomic E-state index is -0.447. The third kappa shape index (κ3) is 5.73. The van der Waals surface area contributed by atoms with E-state index >= 15 is 0 Å². The van der Waals surface area contributed by atoms with Gasteiger partial charge in [-0.05, 0) is 25.0 Å². The summed E-state index contributed by atoms with van der Waals surface area (Å²) in [5.41, 5.74) is 5.80. The molecule has 1 amide bonds. The van der Waals surface area contributed by atoms with Gasteiger partial charge in [-0.3, -0.25) is 14.9 Å². The van der Waals surface area contributed by atoms with Gasteiger partial charge in [-0.1, -0.05) is 13.8 Å². The fourth-order valence-corrected chi connectivity index (χ4v) is 2.37. The second kappa shape index (κ2) is 7.99. The van der Waals surface area contributed by atoms with E-state index in [4.69, 9.17) is 5.73 Å². The Morgan fingerprint density at radius 1 is 1.33 bits per heavy atom. The molecule has 0 atom stereocenters. The third-order valence-corrected chi connectivity index (χ3v) is 4.48. The maximum absolute atomic E-state index is 11.8. The zero-order valence-corrected chi connectivity index (χ0v) is 13.1. The molecule has 3 N–H and O–H groups in total. The first-order valence-electron chi connectivity index (χ1n) is 6.83. The maximum Gasteiger partial charge on any atom is 0.269 e. The highest BCUT2D eigenvalue weighted by Gasteiger charge is 2.20. The summed E-state index contributed by atoms with van der Waals surface area (Å²) in [7, 11) is 0. The Morgan fingerprint density at radius 3 is 2.38 bits per heavy atom. The number of carbonyl (C=O) groups excluding carboxylic acids is 1. The first-order chi connectivity index (χ1) is 9.90. The van der Waals surface area contributed by atoms with Crippen molar-refractivity contribution in [2.75, 3.05) is 12.3 Å². The number of hydrogen-bond acceptors (Lipinski definition) is 5. The Labute approximate surface area is 128 Å². The molecule has 0 spiro atoms. The molecule has 0 radical (unpaired) electrons. The smallest absolute Gasteiger partial charge is 0.269 e. The van der Waals surface area contributed by atoms with Crippen molar-refractivity contribution in [1.82, 2.24) is 5.32 Å². The number of non-ortho nitro benzene ring substituents is 1. The van der Waals surface area contributed by atoms with E-state index in [1.54, 1.807) is 12.1 Å². The summed E-state index contributed by atoms with van der Waals surface area (Å²) in [6, 6.07) is 6.14. The number of nitrogens with zero attached hydrogens (tertiary/aromatic N) is 1. The average Bonchev–Trinajstić information content (AvgIpc) is 2.51. The van der Waals surface area contributed by atoms with Crippen molar-refractivity contribution >= 4 is 23.4 Å². The summed E-state index contributed by atoms with van der Waals surface area (Å²) in [4.78, 5) is 22.7. The maximum atomic E-state index is 11.8. The number of amides is 1. The van der Waals surface area contributed by atoms with Crippen molar-refractivity contribution in [1.29, 1.82) is 0 Å². The van der Waals surface area contributed by atoms with Crippen molar-refractivity contribution < 1.29 is 9.72 Å². The van der Waals surface area contributed by atoms with Crippen LogP contribution in [0.15, 0.2) is 29.2 Å². The molecule has 0 aromatic heterocycles. The van der Waals surface area contributed by atoms with Crippen LogP contribution in [0.25, 0.3) is 0 Å². The second-order valence-corrected chi connectivity index (χ2v) is 5.93. The molecule has 116 valence electrons. The Balaban J connectivity index is 2.41. The van der Waals surface area contributed by atoms with E-state index in [0.29, 0.717) is 6.54 Å². The Kier molecular flexibility index (Phi) is 6.64. The second-order valence-electron chi connectivity index (χ2n) is 4.89. The predicted octanol–water partition coefficient (Wildman–Crippen LogP) is 2.32. The molecule has 6 nitrogen and oxygen atoms in total. The zero-order chi connectivity index (χ0) is 15.9. The summed E-state index contributed by atoms with van der Waals surface area (Å²) in [5.74, 6) is 0.177. The van der Waals surface area contributed by atoms with Crippen LogP contribution >= 0.6 is 11.8 Å². The molecule has 0 heterocycles. The van der Waals surface area contributed by atoms with E-state index in [1.165, 1.54) is 23.9 Å². The van der Waals surface area contributed by atoms with Crippen LogP contribution in [0.3, 0.4) is 0 Å². The number of nitro benzene ring substituents is 1. The van der Waals surface area contributed by atoms with Gasteiger partial charge in [0, 0.05) is 29.1 Å². The van der Waals surface area contributed by atoms with Crippen LogP contribution < -0.4 is 11.1 Å². The minimum Gasteiger partial charge on any atom is -0.354 e. The molecule has 1 rings (SSSR count). The van der Waals surface area contributed by atoms with Crippen LogP contribution in [-0.2, 0) is 4.79 Å². The predicted molar refractivity (Wildman–Crippen MR) is 84.3 cm³/mol. The molecule has 1 aromatic carbocycles. The zero-order valence-electron chi connectivity index (χ0n) is 12.3. The molecule has 0 saturated heterocycles. The normalized spacial score (nSPS) is 11.2. The highest BCUT2D eigenvalue weighted by atomic mass is 32.2. The van der Waals surface area contributed by atoms with E-state index in [9.17, 15) is 14.9 Å². The van der Waals surface area contributed by atoms with Crippen LogP contribution in [0.1, 0.15) is 26.7 Å². The third-order valence-electron chi connectivity index (χ3n) is 3.46. The standard InChI is InChI=1S/C14H21N3O3S/c1-3-14(15,4-2)10-16-13(18)9-21-12-7-5-11(6-8-12)17(19)20/h5-8H,3-4,9-10,15H2,1-2H3,(H,16,18). The van der Waals surface area contributed by atoms with E-state index < -0.39 is 4.92 Å². The van der Waals surface area contributed by atoms with Crippen LogP contribution in [0.4, 0.5) is 5.69 Å². The molecule has 0 saturated carbocycles. The van der Waals surface area contributed by atoms with Crippen LogP contribution in [0.5, 0.6) is 0 Å². The van der Waals surface area contributed by atoms with Crippen LogP contribution in [0, 0.1) is 10.1 Å². The average molecular weight is 311 g/mol. The lowest BCUT2D eigenvalue weighted by Gasteiger charge is -2.26. The lowest BCUT2D eigenvalue weighted by atomic mass is 9.94. The highest BCUT2D eigenvalue weighted by molar-refractivity contribution is 8.00. The molecule has 0 unspecified atom stereocenters. The number of nitrogens with two attached hydrogens (primary N) is 1. The van der Waals surface area contributed by atoms with Crippen LogP contribution in [-0.4, -0.2) is 28.7 Å². The molecular formula is C14H21N3O3S. The largest absolute Gasteiger partial charge is 0.354 e. The fourth-order valence-electron chi connectivity index (χ4n) is 1.64. The minimum absolute atomic E-state index is 0.0441. The van der Waals surface area contributed by atoms with Gasteiger partial charge in [0.25, 0.3) is 5.69 Å². The molecular weight excluding hydrogens is 290 g/mol. The van der Waals surface area contributed by atoms with Crippen molar-refractivity contribution in [3.8, 4) is 0 Å². The monoisotopic (exact) mass is 311 g/mol. The first-order valence-corrected chi connectivity index (χ1v) is 7.81. The lowest BCUT2D eigenvalue weighted by Crippen LogP contribution is -2.49. The fraction of sp³-hybridized carbons (Fsp3) is 0.500. The summed E-state index contributed by atoms with van der Waals surface area (Å²) >= 11 is 1.34. The summed E-state index contributed by atoms with van der Waals surface area (Å²) in [6.45, 7) is 4.46. The SMILES string of the molecule is CCC(N)(CC)CNC(=O)CSc1ccc([N+](=O)[O-])cc1. The number of rotatable bonds is 8. The van der Waals surface area contributed by atoms with Gasteiger partial charge in [-0.2, -0.15) is 0 Å². The molecule has 21 heavy (non-hydrogen) atoms. The van der Waals surface area contributed by atoms with Gasteiger partial charge in [0.1, 0.15) is 0 Å². The first kappa shape index (κ1) is 17.5. The Morgan fingerprint density at radius 2 is 1.90 bits per heavy atom. The molecule has 0 aliphatic rings. The number of benzene rings is 1. The lowest BCUT2D eigenvalue weighted by molar-refractivity contribution is -0.384. The van der Waals surface area contributed by atoms with Gasteiger partial charge in [0.05, 0.1) is 10.7 Å². The van der Waals surface area contributed by atoms with Gasteiger partial charge in [-0.15, -0.1) is 11.8 Å². The molecule has 0 bridgehead atoms. The van der Waals surface area contributed by atoms with Gasteiger partial charge in [-0.25, -0.2) is 0 Å². The van der Waals surface area contributed by atoms with E-state index in [1.807, 2.05) is 13.8 Å².